The van der Waals surface area contributed by atoms with Crippen LogP contribution in [0.5, 0.6) is 5.75 Å². The van der Waals surface area contributed by atoms with Crippen molar-refractivity contribution < 1.29 is 23.1 Å². The van der Waals surface area contributed by atoms with Gasteiger partial charge < -0.3 is 14.6 Å². The number of aromatic hydroxyl groups is 1. The Labute approximate surface area is 183 Å². The predicted molar refractivity (Wildman–Crippen MR) is 112 cm³/mol. The molecule has 0 saturated heterocycles. The van der Waals surface area contributed by atoms with Crippen molar-refractivity contribution in [1.82, 2.24) is 14.5 Å². The molecule has 0 radical (unpaired) electrons. The summed E-state index contributed by atoms with van der Waals surface area (Å²) in [5.74, 6) is -1.56. The lowest BCUT2D eigenvalue weighted by Crippen LogP contribution is -2.47. The first-order valence-corrected chi connectivity index (χ1v) is 10.8. The van der Waals surface area contributed by atoms with E-state index in [0.717, 1.165) is 42.4 Å². The highest BCUT2D eigenvalue weighted by Gasteiger charge is 2.41. The molecule has 2 aromatic rings. The van der Waals surface area contributed by atoms with Crippen LogP contribution in [-0.2, 0) is 18.4 Å². The van der Waals surface area contributed by atoms with Crippen molar-refractivity contribution in [3.8, 4) is 5.75 Å². The maximum atomic E-state index is 12.9. The van der Waals surface area contributed by atoms with Crippen molar-refractivity contribution in [3.63, 3.8) is 0 Å². The fraction of sp³-hybridized carbons (Fsp3) is 0.522. The van der Waals surface area contributed by atoms with E-state index in [4.69, 9.17) is 0 Å². The second-order valence-corrected chi connectivity index (χ2v) is 9.06. The summed E-state index contributed by atoms with van der Waals surface area (Å²) in [4.78, 5) is 29.9. The minimum absolute atomic E-state index is 0.0379. The lowest BCUT2D eigenvalue weighted by atomic mass is 9.75. The van der Waals surface area contributed by atoms with Gasteiger partial charge in [-0.15, -0.1) is 0 Å². The van der Waals surface area contributed by atoms with E-state index in [2.05, 4.69) is 23.2 Å². The summed E-state index contributed by atoms with van der Waals surface area (Å²) in [7, 11) is 0. The number of aryl methyl sites for hydroxylation is 2. The lowest BCUT2D eigenvalue weighted by molar-refractivity contribution is -0.141. The summed E-state index contributed by atoms with van der Waals surface area (Å²) in [5.41, 5.74) is 1.74. The molecule has 1 aliphatic carbocycles. The van der Waals surface area contributed by atoms with Crippen LogP contribution >= 0.6 is 0 Å². The Hall–Kier alpha value is -2.84. The van der Waals surface area contributed by atoms with Gasteiger partial charge in [0.2, 0.25) is 5.75 Å². The number of nitrogens with zero attached hydrogens (tertiary/aromatic N) is 3. The third-order valence-electron chi connectivity index (χ3n) is 6.58. The van der Waals surface area contributed by atoms with E-state index in [1.54, 1.807) is 0 Å². The van der Waals surface area contributed by atoms with E-state index >= 15 is 0 Å². The van der Waals surface area contributed by atoms with Crippen molar-refractivity contribution >= 4 is 5.91 Å². The molecule has 1 fully saturated rings. The Morgan fingerprint density at radius 2 is 1.69 bits per heavy atom. The molecular formula is C23H26F3N3O3. The first kappa shape index (κ1) is 22.4. The van der Waals surface area contributed by atoms with E-state index in [1.165, 1.54) is 4.57 Å². The molecule has 1 saturated carbocycles. The van der Waals surface area contributed by atoms with Crippen molar-refractivity contribution in [2.45, 2.75) is 64.1 Å². The largest absolute Gasteiger partial charge is 0.501 e. The summed E-state index contributed by atoms with van der Waals surface area (Å²) in [6.45, 7) is 2.50. The van der Waals surface area contributed by atoms with E-state index in [1.807, 2.05) is 13.8 Å². The summed E-state index contributed by atoms with van der Waals surface area (Å²) in [6.07, 6.45) is -0.390. The number of fused-ring (bicyclic) bond motifs is 1. The molecule has 4 rings (SSSR count). The van der Waals surface area contributed by atoms with Crippen LogP contribution in [0.15, 0.2) is 23.0 Å². The van der Waals surface area contributed by atoms with Gasteiger partial charge in [-0.1, -0.05) is 42.2 Å². The lowest BCUT2D eigenvalue weighted by Gasteiger charge is -2.35. The minimum Gasteiger partial charge on any atom is -0.501 e. The van der Waals surface area contributed by atoms with Gasteiger partial charge in [0.05, 0.1) is 0 Å². The van der Waals surface area contributed by atoms with Gasteiger partial charge in [0.1, 0.15) is 12.4 Å². The van der Waals surface area contributed by atoms with Gasteiger partial charge >= 0.3 is 11.7 Å². The monoisotopic (exact) mass is 449 g/mol. The molecule has 9 heteroatoms. The predicted octanol–water partition coefficient (Wildman–Crippen LogP) is 3.64. The van der Waals surface area contributed by atoms with Crippen molar-refractivity contribution in [3.05, 3.63) is 56.8 Å². The summed E-state index contributed by atoms with van der Waals surface area (Å²) in [5, 5.41) is 10.2. The number of carbonyl (C=O) groups excluding carboxylic acids is 1. The van der Waals surface area contributed by atoms with Crippen LogP contribution in [0.3, 0.4) is 0 Å². The van der Waals surface area contributed by atoms with Gasteiger partial charge in [-0.05, 0) is 32.3 Å². The molecule has 1 amide bonds. The third kappa shape index (κ3) is 4.12. The van der Waals surface area contributed by atoms with Crippen LogP contribution in [0, 0.1) is 13.8 Å². The maximum absolute atomic E-state index is 12.9. The molecule has 172 valence electrons. The van der Waals surface area contributed by atoms with Crippen LogP contribution in [0.4, 0.5) is 13.2 Å². The standard InChI is InChI=1S/C23H26F3N3O3/c1-14-9-15(2)11-16(10-14)22(5-3-4-6-22)12-17-27-20(31)19(30)18-21(32)28(7-8-29(17)18)13-23(24,25)26/h9-11,30H,3-8,12-13H2,1-2H3. The highest BCUT2D eigenvalue weighted by molar-refractivity contribution is 5.95. The number of rotatable bonds is 4. The number of benzene rings is 1. The van der Waals surface area contributed by atoms with Crippen molar-refractivity contribution in [2.75, 3.05) is 13.1 Å². The van der Waals surface area contributed by atoms with Gasteiger partial charge in [-0.25, -0.2) is 0 Å². The summed E-state index contributed by atoms with van der Waals surface area (Å²) < 4.78 is 40.1. The molecular weight excluding hydrogens is 423 g/mol. The zero-order valence-corrected chi connectivity index (χ0v) is 18.1. The van der Waals surface area contributed by atoms with Gasteiger partial charge in [0.25, 0.3) is 5.91 Å². The second-order valence-electron chi connectivity index (χ2n) is 9.06. The molecule has 0 unspecified atom stereocenters. The Kier molecular flexibility index (Phi) is 5.55. The number of hydrogen-bond donors (Lipinski definition) is 1. The van der Waals surface area contributed by atoms with Crippen molar-refractivity contribution in [1.29, 1.82) is 0 Å². The average molecular weight is 449 g/mol. The zero-order valence-electron chi connectivity index (χ0n) is 18.1. The number of halogens is 3. The highest BCUT2D eigenvalue weighted by atomic mass is 19.4. The van der Waals surface area contributed by atoms with Gasteiger partial charge in [-0.2, -0.15) is 18.2 Å². The van der Waals surface area contributed by atoms with Gasteiger partial charge in [0.15, 0.2) is 5.69 Å². The number of hydrogen-bond acceptors (Lipinski definition) is 4. The second kappa shape index (κ2) is 7.94. The third-order valence-corrected chi connectivity index (χ3v) is 6.58. The number of amides is 1. The molecule has 0 atom stereocenters. The van der Waals surface area contributed by atoms with Gasteiger partial charge in [0, 0.05) is 24.9 Å². The zero-order chi connectivity index (χ0) is 23.3. The van der Waals surface area contributed by atoms with E-state index in [9.17, 15) is 27.9 Å². The van der Waals surface area contributed by atoms with E-state index in [-0.39, 0.29) is 18.5 Å². The SMILES string of the molecule is Cc1cc(C)cc(C2(Cc3nc(=O)c(O)c4n3CCN(CC(F)(F)F)C4=O)CCCC2)c1. The van der Waals surface area contributed by atoms with Crippen LogP contribution < -0.4 is 5.56 Å². The van der Waals surface area contributed by atoms with Crippen LogP contribution in [0.25, 0.3) is 0 Å². The number of alkyl halides is 3. The minimum atomic E-state index is -4.57. The Bertz CT molecular complexity index is 1100. The van der Waals surface area contributed by atoms with Crippen LogP contribution in [0.2, 0.25) is 0 Å². The average Bonchev–Trinajstić information content (AvgIpc) is 3.15. The quantitative estimate of drug-likeness (QED) is 0.774. The number of carbonyl (C=O) groups is 1. The Morgan fingerprint density at radius 1 is 1.06 bits per heavy atom. The first-order valence-electron chi connectivity index (χ1n) is 10.8. The molecule has 1 aliphatic heterocycles. The van der Waals surface area contributed by atoms with E-state index < -0.39 is 35.6 Å². The molecule has 0 spiro atoms. The normalized spacial score (nSPS) is 18.2. The molecule has 1 aromatic heterocycles. The van der Waals surface area contributed by atoms with Crippen LogP contribution in [-0.4, -0.2) is 44.7 Å². The summed E-state index contributed by atoms with van der Waals surface area (Å²) in [6, 6.07) is 6.35. The number of aromatic nitrogens is 2. The molecule has 2 aliphatic rings. The molecule has 6 nitrogen and oxygen atoms in total. The van der Waals surface area contributed by atoms with Crippen LogP contribution in [0.1, 0.15) is 58.7 Å². The Morgan fingerprint density at radius 3 is 2.28 bits per heavy atom. The molecule has 0 bridgehead atoms. The molecule has 32 heavy (non-hydrogen) atoms. The topological polar surface area (TPSA) is 75.4 Å². The van der Waals surface area contributed by atoms with E-state index in [0.29, 0.717) is 17.1 Å². The highest BCUT2D eigenvalue weighted by Crippen LogP contribution is 2.44. The maximum Gasteiger partial charge on any atom is 0.406 e. The smallest absolute Gasteiger partial charge is 0.406 e. The van der Waals surface area contributed by atoms with Crippen molar-refractivity contribution in [2.24, 2.45) is 0 Å². The molecule has 2 heterocycles. The molecule has 1 N–H and O–H groups in total. The van der Waals surface area contributed by atoms with Gasteiger partial charge in [-0.3, -0.25) is 9.59 Å². The summed E-state index contributed by atoms with van der Waals surface area (Å²) >= 11 is 0. The fourth-order valence-electron chi connectivity index (χ4n) is 5.22. The fourth-order valence-corrected chi connectivity index (χ4v) is 5.22. The first-order chi connectivity index (χ1) is 15.0. The molecule has 1 aromatic carbocycles. The Balaban J connectivity index is 1.78.